The monoisotopic (exact) mass is 954 g/mol. The highest BCUT2D eigenvalue weighted by molar-refractivity contribution is 7.47. The van der Waals surface area contributed by atoms with Crippen molar-refractivity contribution >= 4 is 13.7 Å². The number of rotatable bonds is 47. The first-order chi connectivity index (χ1) is 32.5. The maximum absolute atomic E-state index is 12.9. The van der Waals surface area contributed by atoms with Crippen LogP contribution in [-0.4, -0.2) is 73.4 Å². The van der Waals surface area contributed by atoms with E-state index in [0.29, 0.717) is 17.4 Å². The molecule has 0 spiro atoms. The number of nitrogens with one attached hydrogen (secondary N) is 1. The molecule has 3 atom stereocenters. The zero-order valence-corrected chi connectivity index (χ0v) is 44.5. The lowest BCUT2D eigenvalue weighted by Crippen LogP contribution is -2.45. The summed E-state index contributed by atoms with van der Waals surface area (Å²) in [6.45, 7) is 4.64. The SMILES string of the molecule is CC/C=C\C/C=C\C/C=C\C/C=C\C/C=C\C/C=C\CCCCCCC(=O)NC(COP(=O)(O)OCC[N+](C)(C)C)C(O)/C=C/CC/C=C/CC/C=C/CCCCCCCCCCCCCC. The Morgan fingerprint density at radius 1 is 0.522 bits per heavy atom. The lowest BCUT2D eigenvalue weighted by Gasteiger charge is -2.25. The molecule has 0 aromatic rings. The van der Waals surface area contributed by atoms with Gasteiger partial charge in [-0.05, 0) is 96.3 Å². The second-order valence-electron chi connectivity index (χ2n) is 18.8. The molecule has 0 aliphatic rings. The third-order valence-electron chi connectivity index (χ3n) is 11.2. The first kappa shape index (κ1) is 64.2. The zero-order chi connectivity index (χ0) is 49.2. The highest BCUT2D eigenvalue weighted by Gasteiger charge is 2.27. The van der Waals surface area contributed by atoms with E-state index in [1.54, 1.807) is 6.08 Å². The van der Waals surface area contributed by atoms with Gasteiger partial charge in [0.2, 0.25) is 5.91 Å². The Morgan fingerprint density at radius 2 is 0.910 bits per heavy atom. The van der Waals surface area contributed by atoms with Gasteiger partial charge in [-0.1, -0.05) is 207 Å². The number of quaternary nitrogens is 1. The average Bonchev–Trinajstić information content (AvgIpc) is 3.29. The van der Waals surface area contributed by atoms with E-state index >= 15 is 0 Å². The molecule has 0 aromatic carbocycles. The summed E-state index contributed by atoms with van der Waals surface area (Å²) in [6, 6.07) is -0.892. The number of hydrogen-bond donors (Lipinski definition) is 3. The summed E-state index contributed by atoms with van der Waals surface area (Å²) in [4.78, 5) is 23.2. The number of phosphoric acid groups is 1. The molecule has 0 saturated carbocycles. The second kappa shape index (κ2) is 48.2. The summed E-state index contributed by atoms with van der Waals surface area (Å²) in [6.07, 6.45) is 70.4. The van der Waals surface area contributed by atoms with Crippen LogP contribution in [0.2, 0.25) is 0 Å². The van der Waals surface area contributed by atoms with Crippen LogP contribution in [0.5, 0.6) is 0 Å². The molecule has 3 N–H and O–H groups in total. The van der Waals surface area contributed by atoms with Crippen LogP contribution in [-0.2, 0) is 18.4 Å². The van der Waals surface area contributed by atoms with Crippen molar-refractivity contribution in [2.45, 2.75) is 212 Å². The van der Waals surface area contributed by atoms with Crippen molar-refractivity contribution < 1.29 is 32.9 Å². The number of aliphatic hydroxyl groups excluding tert-OH is 1. The van der Waals surface area contributed by atoms with Gasteiger partial charge in [0, 0.05) is 6.42 Å². The Hall–Kier alpha value is -2.84. The van der Waals surface area contributed by atoms with Crippen LogP contribution in [0.1, 0.15) is 200 Å². The molecule has 384 valence electrons. The summed E-state index contributed by atoms with van der Waals surface area (Å²) in [7, 11) is 1.51. The number of hydrogen-bond acceptors (Lipinski definition) is 5. The summed E-state index contributed by atoms with van der Waals surface area (Å²) >= 11 is 0. The van der Waals surface area contributed by atoms with E-state index in [9.17, 15) is 19.4 Å². The van der Waals surface area contributed by atoms with Gasteiger partial charge in [-0.25, -0.2) is 4.57 Å². The van der Waals surface area contributed by atoms with E-state index in [2.05, 4.69) is 116 Å². The molecule has 0 heterocycles. The van der Waals surface area contributed by atoms with Gasteiger partial charge in [-0.15, -0.1) is 0 Å². The van der Waals surface area contributed by atoms with Gasteiger partial charge in [-0.2, -0.15) is 0 Å². The van der Waals surface area contributed by atoms with Gasteiger partial charge in [0.15, 0.2) is 0 Å². The van der Waals surface area contributed by atoms with Gasteiger partial charge < -0.3 is 19.8 Å². The van der Waals surface area contributed by atoms with Crippen LogP contribution in [0.3, 0.4) is 0 Å². The molecule has 8 nitrogen and oxygen atoms in total. The van der Waals surface area contributed by atoms with Crippen molar-refractivity contribution in [3.63, 3.8) is 0 Å². The lowest BCUT2D eigenvalue weighted by atomic mass is 10.0. The normalized spacial score (nSPS) is 14.9. The topological polar surface area (TPSA) is 105 Å². The number of unbranched alkanes of at least 4 members (excludes halogenated alkanes) is 18. The molecule has 0 saturated heterocycles. The Morgan fingerprint density at radius 3 is 1.37 bits per heavy atom. The molecular formula is C58H102N2O6P+. The molecule has 1 amide bonds. The number of aliphatic hydroxyl groups is 1. The van der Waals surface area contributed by atoms with Crippen molar-refractivity contribution in [3.05, 3.63) is 109 Å². The van der Waals surface area contributed by atoms with Crippen molar-refractivity contribution in [1.82, 2.24) is 5.32 Å². The van der Waals surface area contributed by atoms with Gasteiger partial charge in [0.05, 0.1) is 39.9 Å². The number of allylic oxidation sites excluding steroid dienone is 17. The Labute approximate surface area is 412 Å². The van der Waals surface area contributed by atoms with Gasteiger partial charge >= 0.3 is 7.82 Å². The van der Waals surface area contributed by atoms with Crippen LogP contribution >= 0.6 is 7.82 Å². The fourth-order valence-corrected chi connectivity index (χ4v) is 7.75. The highest BCUT2D eigenvalue weighted by atomic mass is 31.2. The van der Waals surface area contributed by atoms with Gasteiger partial charge in [0.1, 0.15) is 13.2 Å². The average molecular weight is 954 g/mol. The maximum atomic E-state index is 12.9. The molecule has 0 aromatic heterocycles. The molecule has 0 radical (unpaired) electrons. The number of nitrogens with zero attached hydrogens (tertiary/aromatic N) is 1. The first-order valence-electron chi connectivity index (χ1n) is 26.8. The van der Waals surface area contributed by atoms with Crippen LogP contribution in [0.4, 0.5) is 0 Å². The minimum absolute atomic E-state index is 0.0418. The Balaban J connectivity index is 4.45. The van der Waals surface area contributed by atoms with E-state index in [4.69, 9.17) is 9.05 Å². The summed E-state index contributed by atoms with van der Waals surface area (Å²) < 4.78 is 23.6. The minimum Gasteiger partial charge on any atom is -0.387 e. The standard InChI is InChI=1S/C58H101N2O6P/c1-6-8-10-12-14-16-18-20-22-24-26-28-30-32-34-36-38-40-42-44-46-48-50-52-58(62)59-56(55-66-67(63,64)65-54-53-60(3,4)5)57(61)51-49-47-45-43-41-39-37-35-33-31-29-27-25-23-21-19-17-15-13-11-9-7-2/h8,10,14,16,20,22,26,28,32-35,38,40-41,43,49,51,56-57,61H,6-7,9,11-13,15,17-19,21,23-25,27,29-31,36-37,39,42,44-48,50,52-55H2,1-5H3,(H-,59,62,63,64)/p+1/b10-8-,16-14-,22-20-,28-26-,34-32-,35-33+,40-38-,43-41+,51-49+. The van der Waals surface area contributed by atoms with Gasteiger partial charge in [0.25, 0.3) is 0 Å². The molecule has 67 heavy (non-hydrogen) atoms. The minimum atomic E-state index is -4.37. The van der Waals surface area contributed by atoms with Gasteiger partial charge in [-0.3, -0.25) is 13.8 Å². The Kier molecular flexibility index (Phi) is 46.2. The predicted molar refractivity (Wildman–Crippen MR) is 290 cm³/mol. The maximum Gasteiger partial charge on any atom is 0.472 e. The fourth-order valence-electron chi connectivity index (χ4n) is 7.02. The fraction of sp³-hybridized carbons (Fsp3) is 0.672. The van der Waals surface area contributed by atoms with Crippen LogP contribution in [0.25, 0.3) is 0 Å². The molecule has 3 unspecified atom stereocenters. The van der Waals surface area contributed by atoms with Crippen molar-refractivity contribution in [1.29, 1.82) is 0 Å². The van der Waals surface area contributed by atoms with E-state index in [1.165, 1.54) is 83.5 Å². The summed E-state index contributed by atoms with van der Waals surface area (Å²) in [5.74, 6) is -0.220. The van der Waals surface area contributed by atoms with E-state index in [-0.39, 0.29) is 19.1 Å². The summed E-state index contributed by atoms with van der Waals surface area (Å²) in [5, 5.41) is 13.9. The van der Waals surface area contributed by atoms with E-state index < -0.39 is 20.0 Å². The molecule has 0 rings (SSSR count). The third-order valence-corrected chi connectivity index (χ3v) is 12.2. The predicted octanol–water partition coefficient (Wildman–Crippen LogP) is 16.0. The van der Waals surface area contributed by atoms with E-state index in [1.807, 2.05) is 27.2 Å². The highest BCUT2D eigenvalue weighted by Crippen LogP contribution is 2.43. The lowest BCUT2D eigenvalue weighted by molar-refractivity contribution is -0.870. The molecule has 0 aliphatic carbocycles. The molecular weight excluding hydrogens is 852 g/mol. The van der Waals surface area contributed by atoms with Crippen LogP contribution in [0.15, 0.2) is 109 Å². The molecule has 0 aliphatic heterocycles. The van der Waals surface area contributed by atoms with Crippen molar-refractivity contribution in [3.8, 4) is 0 Å². The van der Waals surface area contributed by atoms with Crippen molar-refractivity contribution in [2.24, 2.45) is 0 Å². The van der Waals surface area contributed by atoms with E-state index in [0.717, 1.165) is 96.3 Å². The van der Waals surface area contributed by atoms with Crippen LogP contribution < -0.4 is 5.32 Å². The number of amides is 1. The third kappa shape index (κ3) is 50.9. The van der Waals surface area contributed by atoms with Crippen molar-refractivity contribution in [2.75, 3.05) is 40.9 Å². The molecule has 0 fully saturated rings. The van der Waals surface area contributed by atoms with Crippen LogP contribution in [0, 0.1) is 0 Å². The Bertz CT molecular complexity index is 1450. The number of likely N-dealkylation sites (N-methyl/N-ethyl adjacent to an activating group) is 1. The quantitative estimate of drug-likeness (QED) is 0.0243. The first-order valence-corrected chi connectivity index (χ1v) is 28.3. The number of phosphoric ester groups is 1. The zero-order valence-electron chi connectivity index (χ0n) is 43.6. The molecule has 9 heteroatoms. The number of carbonyl (C=O) groups is 1. The summed E-state index contributed by atoms with van der Waals surface area (Å²) in [5.41, 5.74) is 0. The largest absolute Gasteiger partial charge is 0.472 e. The molecule has 0 bridgehead atoms. The second-order valence-corrected chi connectivity index (χ2v) is 20.3. The smallest absolute Gasteiger partial charge is 0.387 e. The number of carbonyl (C=O) groups excluding carboxylic acids is 1.